The average molecular weight is 327 g/mol. The van der Waals surface area contributed by atoms with Crippen LogP contribution < -0.4 is 0 Å². The van der Waals surface area contributed by atoms with Gasteiger partial charge in [0.2, 0.25) is 0 Å². The minimum absolute atomic E-state index is 0.173. The first-order valence-corrected chi connectivity index (χ1v) is 8.95. The summed E-state index contributed by atoms with van der Waals surface area (Å²) >= 11 is 0. The first-order chi connectivity index (χ1) is 11.7. The molecule has 2 nitrogen and oxygen atoms in total. The van der Waals surface area contributed by atoms with Crippen molar-refractivity contribution < 1.29 is 9.50 Å². The average Bonchev–Trinajstić information content (AvgIpc) is 2.60. The van der Waals surface area contributed by atoms with Gasteiger partial charge in [0.1, 0.15) is 11.6 Å². The van der Waals surface area contributed by atoms with Gasteiger partial charge in [0.05, 0.1) is 0 Å². The van der Waals surface area contributed by atoms with Crippen LogP contribution in [0.5, 0.6) is 5.75 Å². The van der Waals surface area contributed by atoms with E-state index >= 15 is 0 Å². The van der Waals surface area contributed by atoms with Crippen molar-refractivity contribution >= 4 is 0 Å². The maximum Gasteiger partial charge on any atom is 0.123 e. The molecule has 3 rings (SSSR count). The smallest absolute Gasteiger partial charge is 0.123 e. The number of nitrogens with zero attached hydrogens (tertiary/aromatic N) is 1. The van der Waals surface area contributed by atoms with Crippen LogP contribution in [-0.4, -0.2) is 29.1 Å². The molecule has 1 N–H and O–H groups in total. The molecule has 0 bridgehead atoms. The van der Waals surface area contributed by atoms with E-state index < -0.39 is 0 Å². The third kappa shape index (κ3) is 3.96. The highest BCUT2D eigenvalue weighted by atomic mass is 19.1. The van der Waals surface area contributed by atoms with E-state index in [1.807, 2.05) is 18.2 Å². The molecule has 0 aromatic heterocycles. The minimum atomic E-state index is -0.173. The van der Waals surface area contributed by atoms with Crippen LogP contribution in [0.25, 0.3) is 0 Å². The number of rotatable bonds is 6. The Morgan fingerprint density at radius 1 is 1.12 bits per heavy atom. The maximum absolute atomic E-state index is 13.0. The zero-order valence-corrected chi connectivity index (χ0v) is 14.3. The minimum Gasteiger partial charge on any atom is -0.508 e. The zero-order valence-electron chi connectivity index (χ0n) is 14.3. The van der Waals surface area contributed by atoms with Gasteiger partial charge < -0.3 is 5.11 Å². The van der Waals surface area contributed by atoms with E-state index in [1.54, 1.807) is 18.2 Å². The highest BCUT2D eigenvalue weighted by Crippen LogP contribution is 2.30. The van der Waals surface area contributed by atoms with Gasteiger partial charge in [-0.05, 0) is 73.5 Å². The van der Waals surface area contributed by atoms with Gasteiger partial charge in [-0.2, -0.15) is 0 Å². The molecule has 0 saturated heterocycles. The molecule has 0 amide bonds. The van der Waals surface area contributed by atoms with Crippen molar-refractivity contribution in [2.75, 3.05) is 13.1 Å². The molecule has 0 radical (unpaired) electrons. The van der Waals surface area contributed by atoms with Gasteiger partial charge in [-0.3, -0.25) is 4.90 Å². The monoisotopic (exact) mass is 327 g/mol. The predicted molar refractivity (Wildman–Crippen MR) is 95.9 cm³/mol. The Balaban J connectivity index is 1.66. The van der Waals surface area contributed by atoms with Crippen molar-refractivity contribution in [3.05, 3.63) is 65.0 Å². The first kappa shape index (κ1) is 17.0. The highest BCUT2D eigenvalue weighted by molar-refractivity contribution is 5.41. The SMILES string of the molecule is CCCN(CCc1ccc(F)cc1)C1CCc2c(O)cccc2C1. The van der Waals surface area contributed by atoms with Gasteiger partial charge in [0, 0.05) is 12.6 Å². The van der Waals surface area contributed by atoms with Crippen molar-refractivity contribution in [3.63, 3.8) is 0 Å². The lowest BCUT2D eigenvalue weighted by atomic mass is 9.86. The molecule has 0 saturated carbocycles. The molecule has 2 aromatic rings. The summed E-state index contributed by atoms with van der Waals surface area (Å²) in [6.45, 7) is 4.30. The number of fused-ring (bicyclic) bond motifs is 1. The molecule has 3 heteroatoms. The Bertz CT molecular complexity index is 668. The number of hydrogen-bond acceptors (Lipinski definition) is 2. The molecule has 0 fully saturated rings. The number of hydrogen-bond donors (Lipinski definition) is 1. The second kappa shape index (κ2) is 7.80. The van der Waals surface area contributed by atoms with Crippen LogP contribution >= 0.6 is 0 Å². The summed E-state index contributed by atoms with van der Waals surface area (Å²) in [5, 5.41) is 10.0. The fourth-order valence-corrected chi connectivity index (χ4v) is 3.77. The molecule has 1 unspecified atom stereocenters. The van der Waals surface area contributed by atoms with Crippen molar-refractivity contribution in [1.29, 1.82) is 0 Å². The summed E-state index contributed by atoms with van der Waals surface area (Å²) in [6, 6.07) is 13.3. The molecular weight excluding hydrogens is 301 g/mol. The topological polar surface area (TPSA) is 23.5 Å². The van der Waals surface area contributed by atoms with Crippen LogP contribution in [0.3, 0.4) is 0 Å². The molecule has 0 aliphatic heterocycles. The second-order valence-corrected chi connectivity index (χ2v) is 6.72. The standard InChI is InChI=1S/C21H26FNO/c1-2-13-23(14-12-16-6-8-18(22)9-7-16)19-10-11-20-17(15-19)4-3-5-21(20)24/h3-9,19,24H,2,10-15H2,1H3. The van der Waals surface area contributed by atoms with Crippen molar-refractivity contribution in [3.8, 4) is 5.75 Å². The predicted octanol–water partition coefficient (Wildman–Crippen LogP) is 4.34. The fraction of sp³-hybridized carbons (Fsp3) is 0.429. The maximum atomic E-state index is 13.0. The third-order valence-electron chi connectivity index (χ3n) is 5.06. The molecule has 1 aliphatic carbocycles. The zero-order chi connectivity index (χ0) is 16.9. The normalized spacial score (nSPS) is 17.0. The van der Waals surface area contributed by atoms with Crippen molar-refractivity contribution in [1.82, 2.24) is 4.90 Å². The summed E-state index contributed by atoms with van der Waals surface area (Å²) in [6.07, 6.45) is 5.13. The molecule has 0 heterocycles. The number of phenols is 1. The van der Waals surface area contributed by atoms with E-state index in [4.69, 9.17) is 0 Å². The van der Waals surface area contributed by atoms with Gasteiger partial charge in [0.15, 0.2) is 0 Å². The number of halogens is 1. The second-order valence-electron chi connectivity index (χ2n) is 6.72. The summed E-state index contributed by atoms with van der Waals surface area (Å²) in [7, 11) is 0. The molecule has 24 heavy (non-hydrogen) atoms. The van der Waals surface area contributed by atoms with Gasteiger partial charge in [-0.15, -0.1) is 0 Å². The van der Waals surface area contributed by atoms with Crippen molar-refractivity contribution in [2.24, 2.45) is 0 Å². The Hall–Kier alpha value is -1.87. The molecular formula is C21H26FNO. The van der Waals surface area contributed by atoms with E-state index in [1.165, 1.54) is 11.1 Å². The summed E-state index contributed by atoms with van der Waals surface area (Å²) < 4.78 is 13.0. The lowest BCUT2D eigenvalue weighted by Gasteiger charge is -2.35. The lowest BCUT2D eigenvalue weighted by molar-refractivity contribution is 0.181. The third-order valence-corrected chi connectivity index (χ3v) is 5.06. The fourth-order valence-electron chi connectivity index (χ4n) is 3.77. The summed E-state index contributed by atoms with van der Waals surface area (Å²) in [5.74, 6) is 0.271. The summed E-state index contributed by atoms with van der Waals surface area (Å²) in [4.78, 5) is 2.57. The molecule has 2 aromatic carbocycles. The quantitative estimate of drug-likeness (QED) is 0.853. The van der Waals surface area contributed by atoms with Gasteiger partial charge >= 0.3 is 0 Å². The van der Waals surface area contributed by atoms with Crippen LogP contribution in [0.15, 0.2) is 42.5 Å². The Kier molecular flexibility index (Phi) is 5.52. The van der Waals surface area contributed by atoms with E-state index in [9.17, 15) is 9.50 Å². The van der Waals surface area contributed by atoms with Crippen LogP contribution in [-0.2, 0) is 19.3 Å². The van der Waals surface area contributed by atoms with Crippen LogP contribution in [0, 0.1) is 5.82 Å². The van der Waals surface area contributed by atoms with E-state index in [0.29, 0.717) is 11.8 Å². The number of phenolic OH excluding ortho intramolecular Hbond substituents is 1. The summed E-state index contributed by atoms with van der Waals surface area (Å²) in [5.41, 5.74) is 3.60. The van der Waals surface area contributed by atoms with E-state index in [-0.39, 0.29) is 5.82 Å². The molecule has 0 spiro atoms. The Morgan fingerprint density at radius 2 is 1.92 bits per heavy atom. The van der Waals surface area contributed by atoms with Crippen LogP contribution in [0.1, 0.15) is 36.5 Å². The van der Waals surface area contributed by atoms with E-state index in [2.05, 4.69) is 17.9 Å². The first-order valence-electron chi connectivity index (χ1n) is 8.95. The Morgan fingerprint density at radius 3 is 2.67 bits per heavy atom. The molecule has 1 aliphatic rings. The lowest BCUT2D eigenvalue weighted by Crippen LogP contribution is -2.41. The molecule has 1 atom stereocenters. The number of aromatic hydroxyl groups is 1. The Labute approximate surface area is 143 Å². The van der Waals surface area contributed by atoms with E-state index in [0.717, 1.165) is 50.8 Å². The van der Waals surface area contributed by atoms with Gasteiger partial charge in [0.25, 0.3) is 0 Å². The van der Waals surface area contributed by atoms with Crippen LogP contribution in [0.4, 0.5) is 4.39 Å². The van der Waals surface area contributed by atoms with Crippen molar-refractivity contribution in [2.45, 2.75) is 45.1 Å². The molecule has 128 valence electrons. The van der Waals surface area contributed by atoms with Gasteiger partial charge in [-0.1, -0.05) is 31.2 Å². The number of benzene rings is 2. The largest absolute Gasteiger partial charge is 0.508 e. The van der Waals surface area contributed by atoms with Crippen LogP contribution in [0.2, 0.25) is 0 Å². The highest BCUT2D eigenvalue weighted by Gasteiger charge is 2.25. The van der Waals surface area contributed by atoms with Gasteiger partial charge in [-0.25, -0.2) is 4.39 Å².